The van der Waals surface area contributed by atoms with Gasteiger partial charge in [0.2, 0.25) is 5.91 Å². The molecule has 2 aromatic carbocycles. The van der Waals surface area contributed by atoms with E-state index in [1.54, 1.807) is 7.11 Å². The molecule has 0 bridgehead atoms. The molecule has 4 rings (SSSR count). The first-order valence-corrected chi connectivity index (χ1v) is 11.5. The van der Waals surface area contributed by atoms with Gasteiger partial charge in [0.05, 0.1) is 29.0 Å². The molecule has 1 aromatic heterocycles. The molecule has 1 fully saturated rings. The monoisotopic (exact) mass is 437 g/mol. The number of carbonyl (C=O) groups is 1. The van der Waals surface area contributed by atoms with Crippen molar-refractivity contribution in [1.82, 2.24) is 9.55 Å². The number of methoxy groups -OCH3 is 1. The summed E-state index contributed by atoms with van der Waals surface area (Å²) in [5.74, 6) is 0.456. The van der Waals surface area contributed by atoms with Crippen LogP contribution in [0.25, 0.3) is 10.9 Å². The molecule has 1 amide bonds. The van der Waals surface area contributed by atoms with Gasteiger partial charge in [0.1, 0.15) is 5.75 Å². The highest BCUT2D eigenvalue weighted by atomic mass is 32.2. The Morgan fingerprint density at radius 1 is 1.23 bits per heavy atom. The van der Waals surface area contributed by atoms with Crippen molar-refractivity contribution in [3.63, 3.8) is 0 Å². The number of rotatable bonds is 6. The van der Waals surface area contributed by atoms with E-state index in [0.717, 1.165) is 31.2 Å². The SMILES string of the molecule is COc1ccc(C)cc1NC(=O)C(C)Sc1nc2ccccc2c(=O)n1C1CCCC1. The Bertz CT molecular complexity index is 1170. The smallest absolute Gasteiger partial charge is 0.262 e. The van der Waals surface area contributed by atoms with Crippen LogP contribution in [0, 0.1) is 6.92 Å². The van der Waals surface area contributed by atoms with Crippen molar-refractivity contribution >= 4 is 34.3 Å². The van der Waals surface area contributed by atoms with Gasteiger partial charge >= 0.3 is 0 Å². The maximum atomic E-state index is 13.3. The summed E-state index contributed by atoms with van der Waals surface area (Å²) in [4.78, 5) is 31.0. The number of amides is 1. The summed E-state index contributed by atoms with van der Waals surface area (Å²) in [5, 5.41) is 3.76. The van der Waals surface area contributed by atoms with Gasteiger partial charge in [-0.05, 0) is 56.5 Å². The number of ether oxygens (including phenoxy) is 1. The Labute approximate surface area is 186 Å². The second kappa shape index (κ2) is 9.14. The van der Waals surface area contributed by atoms with Crippen LogP contribution in [0.3, 0.4) is 0 Å². The standard InChI is InChI=1S/C24H27N3O3S/c1-15-12-13-21(30-3)20(14-15)25-22(28)16(2)31-24-26-19-11-7-6-10-18(19)23(29)27(24)17-8-4-5-9-17/h6-7,10-14,16-17H,4-5,8-9H2,1-3H3,(H,25,28). The van der Waals surface area contributed by atoms with Crippen LogP contribution in [-0.2, 0) is 4.79 Å². The molecule has 3 aromatic rings. The van der Waals surface area contributed by atoms with E-state index in [4.69, 9.17) is 9.72 Å². The van der Waals surface area contributed by atoms with Gasteiger partial charge in [0.25, 0.3) is 5.56 Å². The fourth-order valence-electron chi connectivity index (χ4n) is 4.06. The number of hydrogen-bond acceptors (Lipinski definition) is 5. The predicted molar refractivity (Wildman–Crippen MR) is 125 cm³/mol. The van der Waals surface area contributed by atoms with Crippen molar-refractivity contribution in [3.8, 4) is 5.75 Å². The van der Waals surface area contributed by atoms with Gasteiger partial charge in [0, 0.05) is 6.04 Å². The zero-order valence-corrected chi connectivity index (χ0v) is 18.9. The molecule has 31 heavy (non-hydrogen) atoms. The van der Waals surface area contributed by atoms with Crippen molar-refractivity contribution < 1.29 is 9.53 Å². The Morgan fingerprint density at radius 3 is 2.71 bits per heavy atom. The number of nitrogens with zero attached hydrogens (tertiary/aromatic N) is 2. The van der Waals surface area contributed by atoms with Crippen LogP contribution < -0.4 is 15.6 Å². The third kappa shape index (κ3) is 4.46. The zero-order chi connectivity index (χ0) is 22.0. The summed E-state index contributed by atoms with van der Waals surface area (Å²) in [5.41, 5.74) is 2.31. The van der Waals surface area contributed by atoms with Crippen LogP contribution in [-0.4, -0.2) is 27.8 Å². The number of hydrogen-bond donors (Lipinski definition) is 1. The van der Waals surface area contributed by atoms with Gasteiger partial charge in [0.15, 0.2) is 5.16 Å². The van der Waals surface area contributed by atoms with Crippen LogP contribution >= 0.6 is 11.8 Å². The molecule has 1 saturated carbocycles. The van der Waals surface area contributed by atoms with Gasteiger partial charge in [-0.25, -0.2) is 4.98 Å². The minimum Gasteiger partial charge on any atom is -0.495 e. The molecule has 6 nitrogen and oxygen atoms in total. The number of aromatic nitrogens is 2. The molecule has 0 aliphatic heterocycles. The largest absolute Gasteiger partial charge is 0.495 e. The van der Waals surface area contributed by atoms with Crippen LogP contribution in [0.5, 0.6) is 5.75 Å². The minimum absolute atomic E-state index is 0.0204. The number of thioether (sulfide) groups is 1. The van der Waals surface area contributed by atoms with Gasteiger partial charge in [-0.1, -0.05) is 42.8 Å². The van der Waals surface area contributed by atoms with Crippen LogP contribution in [0.15, 0.2) is 52.4 Å². The van der Waals surface area contributed by atoms with E-state index in [0.29, 0.717) is 27.5 Å². The highest BCUT2D eigenvalue weighted by Gasteiger charge is 2.26. The molecule has 0 radical (unpaired) electrons. The Kier molecular flexibility index (Phi) is 6.32. The number of fused-ring (bicyclic) bond motifs is 1. The predicted octanol–water partition coefficient (Wildman–Crippen LogP) is 4.95. The highest BCUT2D eigenvalue weighted by Crippen LogP contribution is 2.34. The second-order valence-electron chi connectivity index (χ2n) is 7.98. The average molecular weight is 438 g/mol. The van der Waals surface area contributed by atoms with Crippen LogP contribution in [0.4, 0.5) is 5.69 Å². The van der Waals surface area contributed by atoms with Gasteiger partial charge < -0.3 is 10.1 Å². The minimum atomic E-state index is -0.439. The van der Waals surface area contributed by atoms with Crippen molar-refractivity contribution in [2.45, 2.75) is 56.0 Å². The molecular formula is C24H27N3O3S. The summed E-state index contributed by atoms with van der Waals surface area (Å²) in [6.45, 7) is 3.80. The molecule has 7 heteroatoms. The quantitative estimate of drug-likeness (QED) is 0.436. The van der Waals surface area contributed by atoms with E-state index in [1.165, 1.54) is 11.8 Å². The van der Waals surface area contributed by atoms with Crippen molar-refractivity contribution in [2.24, 2.45) is 0 Å². The molecule has 0 saturated heterocycles. The summed E-state index contributed by atoms with van der Waals surface area (Å²) in [6.07, 6.45) is 4.15. The number of anilines is 1. The average Bonchev–Trinajstić information content (AvgIpc) is 3.28. The lowest BCUT2D eigenvalue weighted by atomic mass is 10.2. The van der Waals surface area contributed by atoms with Crippen molar-refractivity contribution in [1.29, 1.82) is 0 Å². The second-order valence-corrected chi connectivity index (χ2v) is 9.29. The fourth-order valence-corrected chi connectivity index (χ4v) is 5.04. The Morgan fingerprint density at radius 2 is 1.97 bits per heavy atom. The Hall–Kier alpha value is -2.80. The fraction of sp³-hybridized carbons (Fsp3) is 0.375. The molecule has 1 aliphatic carbocycles. The molecule has 1 unspecified atom stereocenters. The first-order chi connectivity index (χ1) is 15.0. The highest BCUT2D eigenvalue weighted by molar-refractivity contribution is 8.00. The van der Waals surface area contributed by atoms with Crippen molar-refractivity contribution in [2.75, 3.05) is 12.4 Å². The lowest BCUT2D eigenvalue weighted by Gasteiger charge is -2.20. The molecular weight excluding hydrogens is 410 g/mol. The van der Waals surface area contributed by atoms with E-state index < -0.39 is 5.25 Å². The van der Waals surface area contributed by atoms with Gasteiger partial charge in [-0.2, -0.15) is 0 Å². The summed E-state index contributed by atoms with van der Waals surface area (Å²) in [6, 6.07) is 13.2. The van der Waals surface area contributed by atoms with E-state index in [9.17, 15) is 9.59 Å². The van der Waals surface area contributed by atoms with E-state index in [2.05, 4.69) is 5.32 Å². The summed E-state index contributed by atoms with van der Waals surface area (Å²) < 4.78 is 7.19. The number of aryl methyl sites for hydroxylation is 1. The van der Waals surface area contributed by atoms with Crippen LogP contribution in [0.2, 0.25) is 0 Å². The molecule has 1 heterocycles. The molecule has 1 aliphatic rings. The summed E-state index contributed by atoms with van der Waals surface area (Å²) in [7, 11) is 1.58. The van der Waals surface area contributed by atoms with E-state index in [-0.39, 0.29) is 17.5 Å². The number of para-hydroxylation sites is 1. The normalized spacial score (nSPS) is 15.2. The van der Waals surface area contributed by atoms with E-state index in [1.807, 2.05) is 60.9 Å². The third-order valence-electron chi connectivity index (χ3n) is 5.73. The first kappa shape index (κ1) is 21.4. The molecule has 1 N–H and O–H groups in total. The van der Waals surface area contributed by atoms with Gasteiger partial charge in [-0.15, -0.1) is 0 Å². The number of carbonyl (C=O) groups excluding carboxylic acids is 1. The first-order valence-electron chi connectivity index (χ1n) is 10.6. The molecule has 0 spiro atoms. The number of benzene rings is 2. The van der Waals surface area contributed by atoms with Gasteiger partial charge in [-0.3, -0.25) is 14.2 Å². The summed E-state index contributed by atoms with van der Waals surface area (Å²) >= 11 is 1.33. The maximum Gasteiger partial charge on any atom is 0.262 e. The third-order valence-corrected chi connectivity index (χ3v) is 6.80. The van der Waals surface area contributed by atoms with Crippen LogP contribution in [0.1, 0.15) is 44.2 Å². The lowest BCUT2D eigenvalue weighted by molar-refractivity contribution is -0.115. The molecule has 162 valence electrons. The van der Waals surface area contributed by atoms with Crippen molar-refractivity contribution in [3.05, 3.63) is 58.4 Å². The maximum absolute atomic E-state index is 13.3. The molecule has 1 atom stereocenters. The topological polar surface area (TPSA) is 73.2 Å². The number of nitrogens with one attached hydrogen (secondary N) is 1. The Balaban J connectivity index is 1.64. The lowest BCUT2D eigenvalue weighted by Crippen LogP contribution is -2.29. The van der Waals surface area contributed by atoms with E-state index >= 15 is 0 Å². The zero-order valence-electron chi connectivity index (χ0n) is 18.1.